The van der Waals surface area contributed by atoms with E-state index in [1.54, 1.807) is 0 Å². The molecular formula is C8H11FN2O. The van der Waals surface area contributed by atoms with Crippen LogP contribution in [0, 0.1) is 0 Å². The second-order valence-corrected chi connectivity index (χ2v) is 2.07. The van der Waals surface area contributed by atoms with Gasteiger partial charge in [0.05, 0.1) is 0 Å². The average molecular weight is 170 g/mol. The zero-order valence-corrected chi connectivity index (χ0v) is 6.64. The van der Waals surface area contributed by atoms with E-state index < -0.39 is 11.7 Å². The summed E-state index contributed by atoms with van der Waals surface area (Å²) in [5, 5.41) is 0. The van der Waals surface area contributed by atoms with Gasteiger partial charge in [-0.05, 0) is 0 Å². The number of rotatable bonds is 4. The summed E-state index contributed by atoms with van der Waals surface area (Å²) in [5.74, 6) is -1.52. The molecule has 0 radical (unpaired) electrons. The molecule has 0 fully saturated rings. The molecule has 0 rings (SSSR count). The number of primary amides is 1. The molecule has 4 heteroatoms. The Morgan fingerprint density at radius 1 is 1.58 bits per heavy atom. The monoisotopic (exact) mass is 170 g/mol. The smallest absolute Gasteiger partial charge is 0.249 e. The van der Waals surface area contributed by atoms with Crippen LogP contribution in [0.3, 0.4) is 0 Å². The molecule has 0 spiro atoms. The van der Waals surface area contributed by atoms with Crippen molar-refractivity contribution in [3.05, 3.63) is 36.2 Å². The molecule has 0 aliphatic rings. The van der Waals surface area contributed by atoms with Crippen LogP contribution < -0.4 is 11.5 Å². The van der Waals surface area contributed by atoms with E-state index in [0.29, 0.717) is 0 Å². The Labute approximate surface area is 70.2 Å². The first-order valence-corrected chi connectivity index (χ1v) is 3.24. The minimum absolute atomic E-state index is 0.00231. The lowest BCUT2D eigenvalue weighted by Gasteiger charge is -2.04. The highest BCUT2D eigenvalue weighted by molar-refractivity contribution is 5.96. The maximum Gasteiger partial charge on any atom is 0.249 e. The second-order valence-electron chi connectivity index (χ2n) is 2.07. The largest absolute Gasteiger partial charge is 0.366 e. The molecular weight excluding hydrogens is 159 g/mol. The number of halogens is 1. The molecule has 0 saturated heterocycles. The van der Waals surface area contributed by atoms with Gasteiger partial charge < -0.3 is 11.5 Å². The van der Waals surface area contributed by atoms with E-state index in [2.05, 4.69) is 13.2 Å². The quantitative estimate of drug-likeness (QED) is 0.473. The molecule has 0 aliphatic heterocycles. The van der Waals surface area contributed by atoms with Crippen molar-refractivity contribution in [2.75, 3.05) is 6.54 Å². The average Bonchev–Trinajstić information content (AvgIpc) is 1.98. The SMILES string of the molecule is C=C/C(C(N)=O)=C(/CN)C(=C)F. The van der Waals surface area contributed by atoms with Gasteiger partial charge in [0.1, 0.15) is 5.83 Å². The summed E-state index contributed by atoms with van der Waals surface area (Å²) in [7, 11) is 0. The molecule has 0 unspecified atom stereocenters. The predicted octanol–water partition coefficient (Wildman–Crippen LogP) is 0.396. The molecule has 0 aromatic rings. The van der Waals surface area contributed by atoms with Gasteiger partial charge in [0.15, 0.2) is 0 Å². The maximum absolute atomic E-state index is 12.6. The molecule has 0 bridgehead atoms. The van der Waals surface area contributed by atoms with Gasteiger partial charge in [-0.25, -0.2) is 4.39 Å². The Balaban J connectivity index is 5.15. The lowest BCUT2D eigenvalue weighted by atomic mass is 10.1. The van der Waals surface area contributed by atoms with Gasteiger partial charge in [-0.2, -0.15) is 0 Å². The Hall–Kier alpha value is -1.42. The number of carbonyl (C=O) groups is 1. The van der Waals surface area contributed by atoms with Crippen LogP contribution in [0.5, 0.6) is 0 Å². The molecule has 1 amide bonds. The summed E-state index contributed by atoms with van der Waals surface area (Å²) >= 11 is 0. The van der Waals surface area contributed by atoms with Crippen LogP contribution in [-0.4, -0.2) is 12.5 Å². The first kappa shape index (κ1) is 10.6. The number of nitrogens with two attached hydrogens (primary N) is 2. The minimum Gasteiger partial charge on any atom is -0.366 e. The highest BCUT2D eigenvalue weighted by Gasteiger charge is 2.10. The molecule has 0 heterocycles. The van der Waals surface area contributed by atoms with Crippen LogP contribution in [0.25, 0.3) is 0 Å². The minimum atomic E-state index is -0.760. The predicted molar refractivity (Wildman–Crippen MR) is 45.7 cm³/mol. The van der Waals surface area contributed by atoms with Crippen LogP contribution >= 0.6 is 0 Å². The van der Waals surface area contributed by atoms with Crippen molar-refractivity contribution in [2.45, 2.75) is 0 Å². The van der Waals surface area contributed by atoms with Crippen LogP contribution in [-0.2, 0) is 4.79 Å². The highest BCUT2D eigenvalue weighted by atomic mass is 19.1. The topological polar surface area (TPSA) is 69.1 Å². The number of hydrogen-bond donors (Lipinski definition) is 2. The summed E-state index contributed by atoms with van der Waals surface area (Å²) in [6.07, 6.45) is 1.16. The number of amides is 1. The van der Waals surface area contributed by atoms with Gasteiger partial charge in [-0.1, -0.05) is 19.2 Å². The Kier molecular flexibility index (Phi) is 3.93. The third-order valence-electron chi connectivity index (χ3n) is 1.33. The maximum atomic E-state index is 12.6. The highest BCUT2D eigenvalue weighted by Crippen LogP contribution is 2.13. The Morgan fingerprint density at radius 2 is 2.08 bits per heavy atom. The van der Waals surface area contributed by atoms with Crippen molar-refractivity contribution in [3.8, 4) is 0 Å². The van der Waals surface area contributed by atoms with Crippen LogP contribution in [0.4, 0.5) is 4.39 Å². The summed E-state index contributed by atoms with van der Waals surface area (Å²) in [5.41, 5.74) is 10.1. The van der Waals surface area contributed by atoms with E-state index in [1.807, 2.05) is 0 Å². The molecule has 0 atom stereocenters. The fourth-order valence-electron chi connectivity index (χ4n) is 0.739. The second kappa shape index (κ2) is 4.46. The molecule has 4 N–H and O–H groups in total. The molecule has 3 nitrogen and oxygen atoms in total. The Bertz CT molecular complexity index is 256. The van der Waals surface area contributed by atoms with Crippen molar-refractivity contribution in [1.29, 1.82) is 0 Å². The van der Waals surface area contributed by atoms with Crippen molar-refractivity contribution >= 4 is 5.91 Å². The van der Waals surface area contributed by atoms with E-state index in [1.165, 1.54) is 0 Å². The van der Waals surface area contributed by atoms with E-state index in [-0.39, 0.29) is 17.7 Å². The molecule has 0 saturated carbocycles. The summed E-state index contributed by atoms with van der Waals surface area (Å²) in [6.45, 7) is 6.20. The zero-order chi connectivity index (χ0) is 9.72. The van der Waals surface area contributed by atoms with E-state index in [4.69, 9.17) is 11.5 Å². The normalized spacial score (nSPS) is 11.8. The van der Waals surface area contributed by atoms with Crippen LogP contribution in [0.15, 0.2) is 36.2 Å². The molecule has 12 heavy (non-hydrogen) atoms. The zero-order valence-electron chi connectivity index (χ0n) is 6.64. The van der Waals surface area contributed by atoms with Gasteiger partial charge in [-0.15, -0.1) is 0 Å². The van der Waals surface area contributed by atoms with E-state index in [9.17, 15) is 9.18 Å². The first-order valence-electron chi connectivity index (χ1n) is 3.24. The Morgan fingerprint density at radius 3 is 2.17 bits per heavy atom. The summed E-state index contributed by atoms with van der Waals surface area (Å²) < 4.78 is 12.6. The lowest BCUT2D eigenvalue weighted by molar-refractivity contribution is -0.114. The van der Waals surface area contributed by atoms with Crippen LogP contribution in [0.2, 0.25) is 0 Å². The number of hydrogen-bond acceptors (Lipinski definition) is 2. The molecule has 66 valence electrons. The van der Waals surface area contributed by atoms with Crippen molar-refractivity contribution in [3.63, 3.8) is 0 Å². The van der Waals surface area contributed by atoms with Gasteiger partial charge in [0.25, 0.3) is 0 Å². The first-order chi connectivity index (χ1) is 5.54. The third kappa shape index (κ3) is 2.32. The van der Waals surface area contributed by atoms with Crippen LogP contribution in [0.1, 0.15) is 0 Å². The standard InChI is InChI=1S/C8H11FN2O/c1-3-6(8(11)12)7(4-10)5(2)9/h3H,1-2,4,10H2,(H2,11,12)/b7-6+. The van der Waals surface area contributed by atoms with Gasteiger partial charge in [0, 0.05) is 17.7 Å². The van der Waals surface area contributed by atoms with Gasteiger partial charge >= 0.3 is 0 Å². The van der Waals surface area contributed by atoms with Crippen molar-refractivity contribution in [2.24, 2.45) is 11.5 Å². The molecule has 0 aromatic carbocycles. The van der Waals surface area contributed by atoms with Gasteiger partial charge in [-0.3, -0.25) is 4.79 Å². The fourth-order valence-corrected chi connectivity index (χ4v) is 0.739. The lowest BCUT2D eigenvalue weighted by Crippen LogP contribution is -2.18. The summed E-state index contributed by atoms with van der Waals surface area (Å²) in [6, 6.07) is 0. The van der Waals surface area contributed by atoms with Crippen molar-refractivity contribution < 1.29 is 9.18 Å². The molecule has 0 aliphatic carbocycles. The van der Waals surface area contributed by atoms with Crippen molar-refractivity contribution in [1.82, 2.24) is 0 Å². The number of carbonyl (C=O) groups excluding carboxylic acids is 1. The molecule has 0 aromatic heterocycles. The van der Waals surface area contributed by atoms with Gasteiger partial charge in [0.2, 0.25) is 5.91 Å². The van der Waals surface area contributed by atoms with E-state index in [0.717, 1.165) is 6.08 Å². The van der Waals surface area contributed by atoms with E-state index >= 15 is 0 Å². The third-order valence-corrected chi connectivity index (χ3v) is 1.33. The summed E-state index contributed by atoms with van der Waals surface area (Å²) in [4.78, 5) is 10.7. The fraction of sp³-hybridized carbons (Fsp3) is 0.125.